The van der Waals surface area contributed by atoms with Gasteiger partial charge in [0.25, 0.3) is 0 Å². The highest BCUT2D eigenvalue weighted by Crippen LogP contribution is 2.35. The number of para-hydroxylation sites is 1. The standard InChI is InChI=1S/C30H30N4O2/c1-19-14-20(2)31-26(19)16-23-15-22(18-29(23)36-5)28-17-21-8-6-7-9-27(21)34(28)30(35)32-24-10-12-25(13-11-24)33(3)4/h6-18,31H,1-5H3,(H,32,35)/b23-16+. The lowest BCUT2D eigenvalue weighted by atomic mass is 10.1. The van der Waals surface area contributed by atoms with E-state index in [1.807, 2.05) is 86.6 Å². The van der Waals surface area contributed by atoms with Crippen LogP contribution in [0.5, 0.6) is 0 Å². The number of ether oxygens (including phenoxy) is 1. The number of carbonyl (C=O) groups excluding carboxylic acids is 1. The van der Waals surface area contributed by atoms with Crippen LogP contribution < -0.4 is 10.2 Å². The van der Waals surface area contributed by atoms with Crippen molar-refractivity contribution in [2.75, 3.05) is 31.4 Å². The van der Waals surface area contributed by atoms with Crippen LogP contribution in [0, 0.1) is 13.8 Å². The number of aromatic nitrogens is 2. The smallest absolute Gasteiger partial charge is 0.330 e. The summed E-state index contributed by atoms with van der Waals surface area (Å²) < 4.78 is 7.44. The van der Waals surface area contributed by atoms with Gasteiger partial charge in [-0.1, -0.05) is 18.2 Å². The fraction of sp³-hybridized carbons (Fsp3) is 0.167. The molecule has 36 heavy (non-hydrogen) atoms. The van der Waals surface area contributed by atoms with Crippen LogP contribution in [-0.4, -0.2) is 36.8 Å². The second-order valence-corrected chi connectivity index (χ2v) is 9.26. The summed E-state index contributed by atoms with van der Waals surface area (Å²) in [5.74, 6) is 0.758. The molecule has 1 amide bonds. The largest absolute Gasteiger partial charge is 0.496 e. The van der Waals surface area contributed by atoms with Gasteiger partial charge in [0.15, 0.2) is 0 Å². The van der Waals surface area contributed by atoms with Gasteiger partial charge in [-0.05, 0) is 80.1 Å². The predicted octanol–water partition coefficient (Wildman–Crippen LogP) is 6.74. The molecule has 1 aliphatic rings. The first-order valence-electron chi connectivity index (χ1n) is 11.9. The fourth-order valence-electron chi connectivity index (χ4n) is 4.61. The normalized spacial score (nSPS) is 14.2. The van der Waals surface area contributed by atoms with E-state index in [2.05, 4.69) is 35.4 Å². The molecule has 0 saturated carbocycles. The molecule has 6 nitrogen and oxygen atoms in total. The Kier molecular flexibility index (Phi) is 6.02. The van der Waals surface area contributed by atoms with Gasteiger partial charge in [-0.25, -0.2) is 4.79 Å². The lowest BCUT2D eigenvalue weighted by Crippen LogP contribution is -2.21. The Labute approximate surface area is 211 Å². The average molecular weight is 479 g/mol. The van der Waals surface area contributed by atoms with Gasteiger partial charge >= 0.3 is 6.03 Å². The third kappa shape index (κ3) is 4.33. The van der Waals surface area contributed by atoms with Crippen molar-refractivity contribution in [1.82, 2.24) is 9.55 Å². The SMILES string of the molecule is COC1=CC(c2cc3ccccc3n2C(=O)Nc2ccc(N(C)C)cc2)=C/C1=C\c1[nH]c(C)cc1C. The number of H-pyrrole nitrogens is 1. The van der Waals surface area contributed by atoms with Crippen LogP contribution >= 0.6 is 0 Å². The van der Waals surface area contributed by atoms with E-state index in [0.717, 1.165) is 56.3 Å². The Morgan fingerprint density at radius 3 is 2.44 bits per heavy atom. The Morgan fingerprint density at radius 2 is 1.78 bits per heavy atom. The van der Waals surface area contributed by atoms with E-state index in [1.54, 1.807) is 11.7 Å². The Bertz CT molecular complexity index is 1550. The van der Waals surface area contributed by atoms with Crippen molar-refractivity contribution in [2.45, 2.75) is 13.8 Å². The number of aryl methyl sites for hydroxylation is 2. The number of hydrogen-bond acceptors (Lipinski definition) is 3. The molecule has 0 radical (unpaired) electrons. The van der Waals surface area contributed by atoms with E-state index < -0.39 is 0 Å². The maximum atomic E-state index is 13.6. The van der Waals surface area contributed by atoms with Gasteiger partial charge < -0.3 is 19.9 Å². The van der Waals surface area contributed by atoms with Crippen LogP contribution in [0.25, 0.3) is 22.6 Å². The van der Waals surface area contributed by atoms with E-state index in [0.29, 0.717) is 0 Å². The monoisotopic (exact) mass is 478 g/mol. The number of nitrogens with one attached hydrogen (secondary N) is 2. The molecule has 0 fully saturated rings. The Balaban J connectivity index is 1.56. The molecule has 2 aromatic carbocycles. The van der Waals surface area contributed by atoms with Crippen LogP contribution in [-0.2, 0) is 4.74 Å². The zero-order valence-electron chi connectivity index (χ0n) is 21.2. The number of rotatable bonds is 5. The molecular formula is C30H30N4O2. The molecule has 0 spiro atoms. The minimum absolute atomic E-state index is 0.217. The van der Waals surface area contributed by atoms with Crippen LogP contribution in [0.2, 0.25) is 0 Å². The van der Waals surface area contributed by atoms with Crippen molar-refractivity contribution in [1.29, 1.82) is 0 Å². The van der Waals surface area contributed by atoms with Crippen molar-refractivity contribution in [2.24, 2.45) is 0 Å². The predicted molar refractivity (Wildman–Crippen MR) is 148 cm³/mol. The van der Waals surface area contributed by atoms with E-state index in [1.165, 1.54) is 5.56 Å². The van der Waals surface area contributed by atoms with Crippen LogP contribution in [0.1, 0.15) is 22.6 Å². The van der Waals surface area contributed by atoms with E-state index in [9.17, 15) is 4.79 Å². The first kappa shape index (κ1) is 23.3. The summed E-state index contributed by atoms with van der Waals surface area (Å²) >= 11 is 0. The third-order valence-corrected chi connectivity index (χ3v) is 6.44. The Morgan fingerprint density at radius 1 is 1.03 bits per heavy atom. The van der Waals surface area contributed by atoms with E-state index >= 15 is 0 Å². The van der Waals surface area contributed by atoms with Crippen molar-refractivity contribution < 1.29 is 9.53 Å². The summed E-state index contributed by atoms with van der Waals surface area (Å²) in [7, 11) is 5.65. The molecule has 2 aromatic heterocycles. The summed E-state index contributed by atoms with van der Waals surface area (Å²) in [6.45, 7) is 4.13. The quantitative estimate of drug-likeness (QED) is 0.334. The van der Waals surface area contributed by atoms with Gasteiger partial charge in [0.1, 0.15) is 5.76 Å². The first-order chi connectivity index (χ1) is 17.3. The topological polar surface area (TPSA) is 62.3 Å². The fourth-order valence-corrected chi connectivity index (χ4v) is 4.61. The van der Waals surface area contributed by atoms with Gasteiger partial charge in [-0.2, -0.15) is 0 Å². The molecule has 0 unspecified atom stereocenters. The molecule has 2 heterocycles. The number of aromatic amines is 1. The van der Waals surface area contributed by atoms with Crippen molar-refractivity contribution in [3.8, 4) is 0 Å². The molecule has 4 aromatic rings. The summed E-state index contributed by atoms with van der Waals surface area (Å²) in [5, 5.41) is 4.05. The van der Waals surface area contributed by atoms with Gasteiger partial charge in [-0.3, -0.25) is 4.57 Å². The highest BCUT2D eigenvalue weighted by atomic mass is 16.5. The lowest BCUT2D eigenvalue weighted by Gasteiger charge is -2.14. The highest BCUT2D eigenvalue weighted by Gasteiger charge is 2.22. The van der Waals surface area contributed by atoms with Crippen LogP contribution in [0.15, 0.2) is 84.1 Å². The number of nitrogens with zero attached hydrogens (tertiary/aromatic N) is 2. The van der Waals surface area contributed by atoms with E-state index in [4.69, 9.17) is 4.74 Å². The van der Waals surface area contributed by atoms with Crippen molar-refractivity contribution >= 4 is 40.0 Å². The van der Waals surface area contributed by atoms with Gasteiger partial charge in [0.2, 0.25) is 0 Å². The van der Waals surface area contributed by atoms with E-state index in [-0.39, 0.29) is 6.03 Å². The number of carbonyl (C=O) groups is 1. The summed E-state index contributed by atoms with van der Waals surface area (Å²) in [5.41, 5.74) is 8.64. The molecular weight excluding hydrogens is 448 g/mol. The molecule has 182 valence electrons. The number of hydrogen-bond donors (Lipinski definition) is 2. The summed E-state index contributed by atoms with van der Waals surface area (Å²) in [6.07, 6.45) is 6.14. The average Bonchev–Trinajstić information content (AvgIpc) is 3.53. The molecule has 5 rings (SSSR count). The van der Waals surface area contributed by atoms with Gasteiger partial charge in [-0.15, -0.1) is 0 Å². The number of anilines is 2. The molecule has 6 heteroatoms. The number of methoxy groups -OCH3 is 1. The summed E-state index contributed by atoms with van der Waals surface area (Å²) in [4.78, 5) is 19.0. The maximum Gasteiger partial charge on any atom is 0.330 e. The molecule has 1 aliphatic carbocycles. The Hall–Kier alpha value is -4.45. The maximum absolute atomic E-state index is 13.6. The number of amides is 1. The summed E-state index contributed by atoms with van der Waals surface area (Å²) in [6, 6.07) is 19.7. The molecule has 0 bridgehead atoms. The molecule has 0 aliphatic heterocycles. The van der Waals surface area contributed by atoms with Crippen LogP contribution in [0.3, 0.4) is 0 Å². The second-order valence-electron chi connectivity index (χ2n) is 9.26. The lowest BCUT2D eigenvalue weighted by molar-refractivity contribution is 0.254. The number of benzene rings is 2. The highest BCUT2D eigenvalue weighted by molar-refractivity contribution is 6.03. The number of allylic oxidation sites excluding steroid dienone is 3. The number of fused-ring (bicyclic) bond motifs is 1. The molecule has 0 atom stereocenters. The van der Waals surface area contributed by atoms with Crippen molar-refractivity contribution in [3.63, 3.8) is 0 Å². The van der Waals surface area contributed by atoms with Gasteiger partial charge in [0.05, 0.1) is 18.3 Å². The zero-order valence-corrected chi connectivity index (χ0v) is 21.2. The minimum Gasteiger partial charge on any atom is -0.496 e. The zero-order chi connectivity index (χ0) is 25.4. The second kappa shape index (κ2) is 9.30. The minimum atomic E-state index is -0.217. The van der Waals surface area contributed by atoms with Crippen molar-refractivity contribution in [3.05, 3.63) is 107 Å². The molecule has 0 saturated heterocycles. The third-order valence-electron chi connectivity index (χ3n) is 6.44. The van der Waals surface area contributed by atoms with Gasteiger partial charge in [0, 0.05) is 53.4 Å². The molecule has 2 N–H and O–H groups in total. The first-order valence-corrected chi connectivity index (χ1v) is 11.9. The van der Waals surface area contributed by atoms with Crippen LogP contribution in [0.4, 0.5) is 16.2 Å².